The second-order valence-electron chi connectivity index (χ2n) is 5.35. The normalized spacial score (nSPS) is 17.1. The van der Waals surface area contributed by atoms with Crippen LogP contribution in [0.15, 0.2) is 71.4 Å². The summed E-state index contributed by atoms with van der Waals surface area (Å²) in [6.45, 7) is 0. The minimum atomic E-state index is 0.313. The summed E-state index contributed by atoms with van der Waals surface area (Å²) < 4.78 is 5.43. The van der Waals surface area contributed by atoms with Gasteiger partial charge >= 0.3 is 0 Å². The van der Waals surface area contributed by atoms with Crippen molar-refractivity contribution in [3.8, 4) is 0 Å². The van der Waals surface area contributed by atoms with E-state index in [1.807, 2.05) is 12.3 Å². The van der Waals surface area contributed by atoms with E-state index in [4.69, 9.17) is 4.52 Å². The molecule has 1 unspecified atom stereocenters. The highest BCUT2D eigenvalue weighted by molar-refractivity contribution is 5.84. The highest BCUT2D eigenvalue weighted by Gasteiger charge is 2.26. The van der Waals surface area contributed by atoms with E-state index in [9.17, 15) is 0 Å². The molecule has 1 aliphatic rings. The molecule has 102 valence electrons. The SMILES string of the molecule is C1=C(c2ccccc2)CC(c2ccccc2)c2cnoc21. The zero-order valence-corrected chi connectivity index (χ0v) is 11.6. The number of allylic oxidation sites excluding steroid dienone is 1. The smallest absolute Gasteiger partial charge is 0.163 e. The topological polar surface area (TPSA) is 26.0 Å². The van der Waals surface area contributed by atoms with Crippen LogP contribution in [-0.4, -0.2) is 5.16 Å². The maximum atomic E-state index is 5.43. The summed E-state index contributed by atoms with van der Waals surface area (Å²) in [5.41, 5.74) is 5.04. The Kier molecular flexibility index (Phi) is 2.93. The van der Waals surface area contributed by atoms with E-state index in [-0.39, 0.29) is 0 Å². The summed E-state index contributed by atoms with van der Waals surface area (Å²) in [5.74, 6) is 1.20. The van der Waals surface area contributed by atoms with Crippen molar-refractivity contribution in [3.05, 3.63) is 89.3 Å². The van der Waals surface area contributed by atoms with Crippen molar-refractivity contribution >= 4 is 11.6 Å². The Bertz CT molecular complexity index is 772. The molecule has 4 rings (SSSR count). The van der Waals surface area contributed by atoms with Gasteiger partial charge in [0.1, 0.15) is 0 Å². The molecule has 2 nitrogen and oxygen atoms in total. The highest BCUT2D eigenvalue weighted by Crippen LogP contribution is 2.41. The standard InChI is InChI=1S/C19H15NO/c1-3-7-14(8-4-1)16-11-17(15-9-5-2-6-10-15)18-13-20-21-19(18)12-16/h1-10,12-13,17H,11H2. The molecule has 0 bridgehead atoms. The predicted molar refractivity (Wildman–Crippen MR) is 83.7 cm³/mol. The average Bonchev–Trinajstić information content (AvgIpc) is 3.04. The summed E-state index contributed by atoms with van der Waals surface area (Å²) in [7, 11) is 0. The number of hydrogen-bond acceptors (Lipinski definition) is 2. The van der Waals surface area contributed by atoms with Gasteiger partial charge in [0.15, 0.2) is 5.76 Å². The second-order valence-corrected chi connectivity index (χ2v) is 5.35. The van der Waals surface area contributed by atoms with Crippen molar-refractivity contribution in [2.75, 3.05) is 0 Å². The van der Waals surface area contributed by atoms with Gasteiger partial charge < -0.3 is 4.52 Å². The van der Waals surface area contributed by atoms with Crippen LogP contribution in [-0.2, 0) is 0 Å². The molecule has 0 fully saturated rings. The Morgan fingerprint density at radius 2 is 1.62 bits per heavy atom. The fourth-order valence-corrected chi connectivity index (χ4v) is 3.01. The molecule has 0 N–H and O–H groups in total. The fourth-order valence-electron chi connectivity index (χ4n) is 3.01. The van der Waals surface area contributed by atoms with Gasteiger partial charge in [-0.25, -0.2) is 0 Å². The molecule has 1 atom stereocenters. The van der Waals surface area contributed by atoms with Crippen LogP contribution < -0.4 is 0 Å². The molecule has 1 aromatic heterocycles. The van der Waals surface area contributed by atoms with E-state index in [1.165, 1.54) is 22.3 Å². The van der Waals surface area contributed by atoms with E-state index >= 15 is 0 Å². The van der Waals surface area contributed by atoms with Gasteiger partial charge in [-0.05, 0) is 29.2 Å². The van der Waals surface area contributed by atoms with E-state index in [2.05, 4.69) is 65.8 Å². The monoisotopic (exact) mass is 273 g/mol. The first kappa shape index (κ1) is 12.2. The third kappa shape index (κ3) is 2.19. The molecule has 0 aliphatic heterocycles. The number of nitrogens with zero attached hydrogens (tertiary/aromatic N) is 1. The van der Waals surface area contributed by atoms with Crippen molar-refractivity contribution in [2.45, 2.75) is 12.3 Å². The van der Waals surface area contributed by atoms with Crippen molar-refractivity contribution in [2.24, 2.45) is 0 Å². The predicted octanol–water partition coefficient (Wildman–Crippen LogP) is 4.75. The van der Waals surface area contributed by atoms with Crippen LogP contribution in [0.2, 0.25) is 0 Å². The Morgan fingerprint density at radius 3 is 2.38 bits per heavy atom. The van der Waals surface area contributed by atoms with E-state index in [0.717, 1.165) is 12.2 Å². The van der Waals surface area contributed by atoms with Gasteiger partial charge in [-0.15, -0.1) is 0 Å². The summed E-state index contributed by atoms with van der Waals surface area (Å²) >= 11 is 0. The Balaban J connectivity index is 1.81. The fraction of sp³-hybridized carbons (Fsp3) is 0.105. The molecule has 0 spiro atoms. The Labute approximate surface area is 123 Å². The molecule has 3 aromatic rings. The van der Waals surface area contributed by atoms with E-state index in [1.54, 1.807) is 0 Å². The van der Waals surface area contributed by atoms with Gasteiger partial charge in [0.05, 0.1) is 6.20 Å². The van der Waals surface area contributed by atoms with E-state index in [0.29, 0.717) is 5.92 Å². The van der Waals surface area contributed by atoms with E-state index < -0.39 is 0 Å². The third-order valence-electron chi connectivity index (χ3n) is 4.08. The largest absolute Gasteiger partial charge is 0.357 e. The second kappa shape index (κ2) is 5.06. The molecule has 2 aromatic carbocycles. The molecule has 1 heterocycles. The van der Waals surface area contributed by atoms with Gasteiger partial charge in [0.2, 0.25) is 0 Å². The van der Waals surface area contributed by atoms with Crippen LogP contribution >= 0.6 is 0 Å². The zero-order valence-electron chi connectivity index (χ0n) is 11.6. The molecule has 0 amide bonds. The summed E-state index contributed by atoms with van der Waals surface area (Å²) in [6.07, 6.45) is 4.95. The highest BCUT2D eigenvalue weighted by atomic mass is 16.5. The van der Waals surface area contributed by atoms with Crippen molar-refractivity contribution in [1.82, 2.24) is 5.16 Å². The van der Waals surface area contributed by atoms with Crippen molar-refractivity contribution < 1.29 is 4.52 Å². The third-order valence-corrected chi connectivity index (χ3v) is 4.08. The average molecular weight is 273 g/mol. The molecule has 2 heteroatoms. The van der Waals surface area contributed by atoms with Crippen LogP contribution in [0.1, 0.15) is 34.8 Å². The molecular formula is C19H15NO. The minimum Gasteiger partial charge on any atom is -0.357 e. The maximum absolute atomic E-state index is 5.43. The van der Waals surface area contributed by atoms with Crippen LogP contribution in [0.4, 0.5) is 0 Å². The van der Waals surface area contributed by atoms with Gasteiger partial charge in [-0.3, -0.25) is 0 Å². The van der Waals surface area contributed by atoms with Crippen molar-refractivity contribution in [3.63, 3.8) is 0 Å². The zero-order chi connectivity index (χ0) is 14.1. The maximum Gasteiger partial charge on any atom is 0.163 e. The summed E-state index contributed by atoms with van der Waals surface area (Å²) in [4.78, 5) is 0. The Morgan fingerprint density at radius 1 is 0.905 bits per heavy atom. The minimum absolute atomic E-state index is 0.313. The van der Waals surface area contributed by atoms with Crippen LogP contribution in [0.3, 0.4) is 0 Å². The first-order chi connectivity index (χ1) is 10.4. The number of hydrogen-bond donors (Lipinski definition) is 0. The summed E-state index contributed by atoms with van der Waals surface area (Å²) in [6, 6.07) is 21.1. The Hall–Kier alpha value is -2.61. The van der Waals surface area contributed by atoms with Crippen LogP contribution in [0, 0.1) is 0 Å². The lowest BCUT2D eigenvalue weighted by atomic mass is 9.80. The van der Waals surface area contributed by atoms with Gasteiger partial charge in [-0.1, -0.05) is 65.8 Å². The van der Waals surface area contributed by atoms with Gasteiger partial charge in [0.25, 0.3) is 0 Å². The molecule has 0 saturated carbocycles. The lowest BCUT2D eigenvalue weighted by Gasteiger charge is -2.22. The molecule has 1 aliphatic carbocycles. The molecule has 0 saturated heterocycles. The summed E-state index contributed by atoms with van der Waals surface area (Å²) in [5, 5.41) is 3.99. The molecule has 0 radical (unpaired) electrons. The molecule has 21 heavy (non-hydrogen) atoms. The van der Waals surface area contributed by atoms with Gasteiger partial charge in [0, 0.05) is 11.5 Å². The number of fused-ring (bicyclic) bond motifs is 1. The number of benzene rings is 2. The van der Waals surface area contributed by atoms with Crippen LogP contribution in [0.25, 0.3) is 11.6 Å². The lowest BCUT2D eigenvalue weighted by Crippen LogP contribution is -2.07. The molecular weight excluding hydrogens is 258 g/mol. The number of aromatic nitrogens is 1. The van der Waals surface area contributed by atoms with Crippen LogP contribution in [0.5, 0.6) is 0 Å². The number of rotatable bonds is 2. The van der Waals surface area contributed by atoms with Gasteiger partial charge in [-0.2, -0.15) is 0 Å². The first-order valence-corrected chi connectivity index (χ1v) is 7.17. The first-order valence-electron chi connectivity index (χ1n) is 7.17. The lowest BCUT2D eigenvalue weighted by molar-refractivity contribution is 0.410. The quantitative estimate of drug-likeness (QED) is 0.673. The van der Waals surface area contributed by atoms with Crippen molar-refractivity contribution in [1.29, 1.82) is 0 Å².